The van der Waals surface area contributed by atoms with E-state index < -0.39 is 18.1 Å². The predicted molar refractivity (Wildman–Crippen MR) is 80.4 cm³/mol. The van der Waals surface area contributed by atoms with Crippen molar-refractivity contribution in [2.45, 2.75) is 31.4 Å². The molecule has 1 aliphatic rings. The van der Waals surface area contributed by atoms with Crippen molar-refractivity contribution in [1.29, 1.82) is 0 Å². The molecular weight excluding hydrogens is 284 g/mol. The number of carbonyl (C=O) groups excluding carboxylic acids is 1. The highest BCUT2D eigenvalue weighted by Crippen LogP contribution is 2.22. The van der Waals surface area contributed by atoms with Crippen molar-refractivity contribution in [2.75, 3.05) is 6.54 Å². The summed E-state index contributed by atoms with van der Waals surface area (Å²) in [6.07, 6.45) is 2.01. The standard InChI is InChI=1S/C16H18N2O4/c19-11-7-14(16(21)22)18(9-11)15(20)6-5-10-8-17-13-4-2-1-3-12(10)13/h1-4,8,11,14,17,19H,5-7,9H2,(H,21,22)/t11-,14+/m0/s1. The summed E-state index contributed by atoms with van der Waals surface area (Å²) in [7, 11) is 0. The third-order valence-electron chi connectivity index (χ3n) is 4.17. The van der Waals surface area contributed by atoms with Gasteiger partial charge in [-0.2, -0.15) is 0 Å². The molecule has 2 aromatic rings. The lowest BCUT2D eigenvalue weighted by atomic mass is 10.1. The first-order valence-corrected chi connectivity index (χ1v) is 7.31. The lowest BCUT2D eigenvalue weighted by Gasteiger charge is -2.21. The van der Waals surface area contributed by atoms with E-state index >= 15 is 0 Å². The maximum atomic E-state index is 12.3. The number of fused-ring (bicyclic) bond motifs is 1. The van der Waals surface area contributed by atoms with E-state index in [9.17, 15) is 14.7 Å². The van der Waals surface area contributed by atoms with Crippen LogP contribution in [0.2, 0.25) is 0 Å². The third-order valence-corrected chi connectivity index (χ3v) is 4.17. The van der Waals surface area contributed by atoms with Gasteiger partial charge in [-0.15, -0.1) is 0 Å². The summed E-state index contributed by atoms with van der Waals surface area (Å²) >= 11 is 0. The minimum Gasteiger partial charge on any atom is -0.480 e. The molecule has 6 nitrogen and oxygen atoms in total. The van der Waals surface area contributed by atoms with Crippen molar-refractivity contribution in [1.82, 2.24) is 9.88 Å². The van der Waals surface area contributed by atoms with E-state index in [0.717, 1.165) is 16.5 Å². The monoisotopic (exact) mass is 302 g/mol. The van der Waals surface area contributed by atoms with Crippen LogP contribution in [0, 0.1) is 0 Å². The number of carbonyl (C=O) groups is 2. The number of aromatic amines is 1. The molecule has 1 amide bonds. The first-order chi connectivity index (χ1) is 10.6. The molecule has 2 atom stereocenters. The van der Waals surface area contributed by atoms with Gasteiger partial charge in [-0.1, -0.05) is 18.2 Å². The normalized spacial score (nSPS) is 21.4. The molecule has 1 aromatic heterocycles. The Kier molecular flexibility index (Phi) is 3.85. The highest BCUT2D eigenvalue weighted by Gasteiger charge is 2.38. The molecule has 3 N–H and O–H groups in total. The van der Waals surface area contributed by atoms with Crippen molar-refractivity contribution >= 4 is 22.8 Å². The van der Waals surface area contributed by atoms with Crippen LogP contribution in [0.1, 0.15) is 18.4 Å². The second-order valence-electron chi connectivity index (χ2n) is 5.65. The van der Waals surface area contributed by atoms with Crippen LogP contribution in [-0.4, -0.2) is 50.7 Å². The SMILES string of the molecule is O=C(O)[C@H]1C[C@H](O)CN1C(=O)CCc1c[nH]c2ccccc12. The van der Waals surface area contributed by atoms with Crippen molar-refractivity contribution < 1.29 is 19.8 Å². The van der Waals surface area contributed by atoms with Gasteiger partial charge in [0.15, 0.2) is 0 Å². The Bertz CT molecular complexity index is 709. The summed E-state index contributed by atoms with van der Waals surface area (Å²) < 4.78 is 0. The van der Waals surface area contributed by atoms with Gasteiger partial charge in [-0.25, -0.2) is 4.79 Å². The molecule has 0 unspecified atom stereocenters. The molecule has 0 saturated carbocycles. The summed E-state index contributed by atoms with van der Waals surface area (Å²) in [6, 6.07) is 6.93. The number of aliphatic hydroxyl groups is 1. The van der Waals surface area contributed by atoms with E-state index in [0.29, 0.717) is 6.42 Å². The fourth-order valence-corrected chi connectivity index (χ4v) is 3.05. The average Bonchev–Trinajstić information content (AvgIpc) is 3.08. The van der Waals surface area contributed by atoms with Gasteiger partial charge in [0.1, 0.15) is 6.04 Å². The molecule has 116 valence electrons. The Balaban J connectivity index is 1.68. The summed E-state index contributed by atoms with van der Waals surface area (Å²) in [6.45, 7) is 0.101. The number of hydrogen-bond donors (Lipinski definition) is 3. The predicted octanol–water partition coefficient (Wildman–Crippen LogP) is 1.15. The van der Waals surface area contributed by atoms with Crippen molar-refractivity contribution in [3.8, 4) is 0 Å². The minimum atomic E-state index is -1.06. The maximum absolute atomic E-state index is 12.3. The van der Waals surface area contributed by atoms with Crippen molar-refractivity contribution in [3.05, 3.63) is 36.0 Å². The Labute approximate surface area is 127 Å². The number of amides is 1. The zero-order valence-corrected chi connectivity index (χ0v) is 12.0. The molecule has 1 aromatic carbocycles. The van der Waals surface area contributed by atoms with E-state index in [2.05, 4.69) is 4.98 Å². The van der Waals surface area contributed by atoms with Gasteiger partial charge in [0, 0.05) is 36.5 Å². The summed E-state index contributed by atoms with van der Waals surface area (Å²) in [5.74, 6) is -1.29. The third kappa shape index (κ3) is 2.69. The van der Waals surface area contributed by atoms with Crippen LogP contribution >= 0.6 is 0 Å². The van der Waals surface area contributed by atoms with Gasteiger partial charge in [-0.3, -0.25) is 4.79 Å². The number of nitrogens with zero attached hydrogens (tertiary/aromatic N) is 1. The first kappa shape index (κ1) is 14.6. The molecule has 1 saturated heterocycles. The minimum absolute atomic E-state index is 0.101. The number of aromatic nitrogens is 1. The van der Waals surface area contributed by atoms with Crippen LogP contribution in [0.3, 0.4) is 0 Å². The zero-order valence-electron chi connectivity index (χ0n) is 12.0. The molecule has 0 spiro atoms. The van der Waals surface area contributed by atoms with Gasteiger partial charge in [0.2, 0.25) is 5.91 Å². The second-order valence-corrected chi connectivity index (χ2v) is 5.65. The first-order valence-electron chi connectivity index (χ1n) is 7.31. The van der Waals surface area contributed by atoms with Crippen LogP contribution in [-0.2, 0) is 16.0 Å². The highest BCUT2D eigenvalue weighted by atomic mass is 16.4. The van der Waals surface area contributed by atoms with Gasteiger partial charge >= 0.3 is 5.97 Å². The Hall–Kier alpha value is -2.34. The second kappa shape index (κ2) is 5.81. The number of rotatable bonds is 4. The molecule has 1 fully saturated rings. The molecular formula is C16H18N2O4. The summed E-state index contributed by atoms with van der Waals surface area (Å²) in [5.41, 5.74) is 2.06. The average molecular weight is 302 g/mol. The molecule has 0 bridgehead atoms. The van der Waals surface area contributed by atoms with Crippen molar-refractivity contribution in [3.63, 3.8) is 0 Å². The Morgan fingerprint density at radius 1 is 1.32 bits per heavy atom. The number of para-hydroxylation sites is 1. The molecule has 0 aliphatic carbocycles. The number of nitrogens with one attached hydrogen (secondary N) is 1. The number of H-pyrrole nitrogens is 1. The number of aliphatic hydroxyl groups excluding tert-OH is 1. The molecule has 0 radical (unpaired) electrons. The highest BCUT2D eigenvalue weighted by molar-refractivity contribution is 5.86. The summed E-state index contributed by atoms with van der Waals surface area (Å²) in [5, 5.41) is 19.8. The van der Waals surface area contributed by atoms with Gasteiger partial charge in [0.05, 0.1) is 6.10 Å². The number of benzene rings is 1. The van der Waals surface area contributed by atoms with E-state index in [1.807, 2.05) is 30.5 Å². The largest absolute Gasteiger partial charge is 0.480 e. The summed E-state index contributed by atoms with van der Waals surface area (Å²) in [4.78, 5) is 27.9. The molecule has 6 heteroatoms. The van der Waals surface area contributed by atoms with Crippen LogP contribution in [0.5, 0.6) is 0 Å². The Morgan fingerprint density at radius 2 is 2.09 bits per heavy atom. The number of carboxylic acids is 1. The maximum Gasteiger partial charge on any atom is 0.326 e. The van der Waals surface area contributed by atoms with E-state index in [1.54, 1.807) is 0 Å². The van der Waals surface area contributed by atoms with Crippen LogP contribution in [0.15, 0.2) is 30.5 Å². The molecule has 2 heterocycles. The van der Waals surface area contributed by atoms with E-state index in [4.69, 9.17) is 5.11 Å². The van der Waals surface area contributed by atoms with Gasteiger partial charge < -0.3 is 20.1 Å². The lowest BCUT2D eigenvalue weighted by molar-refractivity contribution is -0.148. The smallest absolute Gasteiger partial charge is 0.326 e. The number of aliphatic carboxylic acids is 1. The number of likely N-dealkylation sites (tertiary alicyclic amines) is 1. The topological polar surface area (TPSA) is 93.6 Å². The number of carboxylic acid groups (broad SMARTS) is 1. The zero-order chi connectivity index (χ0) is 15.7. The number of hydrogen-bond acceptors (Lipinski definition) is 3. The fourth-order valence-electron chi connectivity index (χ4n) is 3.05. The fraction of sp³-hybridized carbons (Fsp3) is 0.375. The number of aryl methyl sites for hydroxylation is 1. The van der Waals surface area contributed by atoms with Gasteiger partial charge in [0.25, 0.3) is 0 Å². The number of β-amino-alcohol motifs (C(OH)–C–C–N with tert-alkyl or cyclic N) is 1. The quantitative estimate of drug-likeness (QED) is 0.789. The van der Waals surface area contributed by atoms with E-state index in [1.165, 1.54) is 4.90 Å². The van der Waals surface area contributed by atoms with Crippen LogP contribution in [0.25, 0.3) is 10.9 Å². The molecule has 3 rings (SSSR count). The van der Waals surface area contributed by atoms with Crippen molar-refractivity contribution in [2.24, 2.45) is 0 Å². The molecule has 22 heavy (non-hydrogen) atoms. The lowest BCUT2D eigenvalue weighted by Crippen LogP contribution is -2.40. The van der Waals surface area contributed by atoms with Crippen LogP contribution in [0.4, 0.5) is 0 Å². The molecule has 1 aliphatic heterocycles. The Morgan fingerprint density at radius 3 is 2.86 bits per heavy atom. The van der Waals surface area contributed by atoms with Gasteiger partial charge in [-0.05, 0) is 18.1 Å². The van der Waals surface area contributed by atoms with Crippen LogP contribution < -0.4 is 0 Å². The van der Waals surface area contributed by atoms with E-state index in [-0.39, 0.29) is 25.3 Å².